The van der Waals surface area contributed by atoms with Crippen molar-refractivity contribution in [1.29, 1.82) is 9.56 Å². The predicted octanol–water partition coefficient (Wildman–Crippen LogP) is 2.54. The van der Waals surface area contributed by atoms with E-state index in [-0.39, 0.29) is 93.8 Å². The summed E-state index contributed by atoms with van der Waals surface area (Å²) in [6, 6.07) is -1.12. The molecule has 0 aliphatic carbocycles. The molecule has 31 nitrogen and oxygen atoms in total. The lowest BCUT2D eigenvalue weighted by Gasteiger charge is -2.40. The number of phosphoric acid groups is 3. The highest BCUT2D eigenvalue weighted by Crippen LogP contribution is 2.55. The van der Waals surface area contributed by atoms with Crippen LogP contribution in [0.1, 0.15) is 127 Å². The number of amides is 1. The summed E-state index contributed by atoms with van der Waals surface area (Å²) in [6.07, 6.45) is -14.1. The number of hydrogen-bond acceptors (Lipinski definition) is 28. The molecule has 6 aliphatic rings. The average Bonchev–Trinajstić information content (AvgIpc) is 1.60. The number of carbonyl (C=O) groups excluding carboxylic acids is 2. The number of nitrogens with one attached hydrogen (secondary N) is 1. The summed E-state index contributed by atoms with van der Waals surface area (Å²) in [5.41, 5.74) is 0. The van der Waals surface area contributed by atoms with Gasteiger partial charge in [0, 0.05) is 63.0 Å². The first kappa shape index (κ1) is 84.3. The van der Waals surface area contributed by atoms with Gasteiger partial charge in [-0.25, -0.2) is 13.7 Å². The molecule has 0 bridgehead atoms. The second-order valence-electron chi connectivity index (χ2n) is 26.7. The molecule has 9 N–H and O–H groups in total. The van der Waals surface area contributed by atoms with Crippen LogP contribution in [0, 0.1) is 11.3 Å². The molecule has 0 saturated carbocycles. The first-order chi connectivity index (χ1) is 48.5. The summed E-state index contributed by atoms with van der Waals surface area (Å²) in [5, 5.41) is 54.1. The summed E-state index contributed by atoms with van der Waals surface area (Å²) in [5.74, 6) is -0.817. The molecular weight excluding hydrogens is 1380 g/mol. The number of phosphoric ester groups is 3. The largest absolute Gasteiger partial charge is 0.475 e. The Morgan fingerprint density at radius 2 is 1.11 bits per heavy atom. The van der Waals surface area contributed by atoms with Gasteiger partial charge in [-0.2, -0.15) is 5.26 Å². The minimum absolute atomic E-state index is 0.00403. The Labute approximate surface area is 597 Å². The molecule has 6 aliphatic heterocycles. The van der Waals surface area contributed by atoms with E-state index < -0.39 is 174 Å². The average molecular weight is 1500 g/mol. The molecule has 0 aromatic heterocycles. The van der Waals surface area contributed by atoms with E-state index >= 15 is 0 Å². The topological polar surface area (TPSA) is 431 Å². The van der Waals surface area contributed by atoms with Gasteiger partial charge in [-0.1, -0.05) is 63.8 Å². The lowest BCUT2D eigenvalue weighted by atomic mass is 9.51. The van der Waals surface area contributed by atoms with Crippen LogP contribution in [0.15, 0.2) is 0 Å². The summed E-state index contributed by atoms with van der Waals surface area (Å²) < 4.78 is 166. The zero-order valence-electron chi connectivity index (χ0n) is 65.3. The van der Waals surface area contributed by atoms with Crippen molar-refractivity contribution < 1.29 is 142 Å². The molecule has 6 rings (SSSR count). The van der Waals surface area contributed by atoms with E-state index in [9.17, 15) is 48.4 Å². The summed E-state index contributed by atoms with van der Waals surface area (Å²) >= 11 is 0. The molecule has 10 radical (unpaired) electrons. The van der Waals surface area contributed by atoms with Gasteiger partial charge < -0.3 is 87.8 Å². The van der Waals surface area contributed by atoms with Crippen LogP contribution in [0.5, 0.6) is 0 Å². The van der Waals surface area contributed by atoms with Gasteiger partial charge in [-0.3, -0.25) is 41.3 Å². The van der Waals surface area contributed by atoms with Crippen LogP contribution in [0.4, 0.5) is 0 Å². The number of rotatable bonds is 35. The molecule has 6 fully saturated rings. The van der Waals surface area contributed by atoms with E-state index in [1.165, 1.54) is 36.5 Å². The maximum absolute atomic E-state index is 14.0. The Bertz CT molecular complexity index is 2670. The minimum atomic E-state index is -4.63. The highest BCUT2D eigenvalue weighted by molar-refractivity contribution is 7.48. The predicted molar refractivity (Wildman–Crippen MR) is 369 cm³/mol. The third-order valence-corrected chi connectivity index (χ3v) is 29.6. The number of hydrogen-bond donors (Lipinski definition) is 9. The highest BCUT2D eigenvalue weighted by Gasteiger charge is 2.55. The van der Waals surface area contributed by atoms with Gasteiger partial charge >= 0.3 is 29.4 Å². The zero-order valence-corrected chi connectivity index (χ0v) is 64.0. The van der Waals surface area contributed by atoms with Crippen LogP contribution >= 0.6 is 23.5 Å². The van der Waals surface area contributed by atoms with Crippen LogP contribution in [-0.4, -0.2) is 299 Å². The smallest absolute Gasteiger partial charge is 0.459 e. The van der Waals surface area contributed by atoms with Gasteiger partial charge in [-0.15, -0.1) is 0 Å². The van der Waals surface area contributed by atoms with Crippen molar-refractivity contribution in [3.8, 4) is 6.07 Å². The second-order valence-corrected chi connectivity index (χ2v) is 40.6. The second kappa shape index (κ2) is 41.8. The van der Waals surface area contributed by atoms with Crippen LogP contribution in [0.25, 0.3) is 0 Å². The molecule has 6 heterocycles. The van der Waals surface area contributed by atoms with Gasteiger partial charge in [0.25, 0.3) is 0 Å². The fraction of sp³-hybridized carbons (Fsp3) is 0.946. The van der Waals surface area contributed by atoms with Gasteiger partial charge in [-0.05, 0) is 69.9 Å². The number of aliphatic hydroxyl groups is 6. The molecule has 42 heteroatoms. The van der Waals surface area contributed by atoms with Gasteiger partial charge in [0.2, 0.25) is 10.2 Å². The maximum Gasteiger partial charge on any atom is 0.475 e. The Morgan fingerprint density at radius 1 is 0.653 bits per heavy atom. The minimum Gasteiger partial charge on any atom is -0.459 e. The van der Waals surface area contributed by atoms with E-state index in [1.807, 2.05) is 39.9 Å². The lowest BCUT2D eigenvalue weighted by molar-refractivity contribution is -0.153. The fourth-order valence-corrected chi connectivity index (χ4v) is 15.8. The van der Waals surface area contributed by atoms with E-state index in [4.69, 9.17) is 119 Å². The Morgan fingerprint density at radius 3 is 1.58 bits per heavy atom. The van der Waals surface area contributed by atoms with E-state index in [0.717, 1.165) is 0 Å². The maximum atomic E-state index is 14.0. The molecule has 0 aromatic rings. The van der Waals surface area contributed by atoms with Crippen LogP contribution in [0.3, 0.4) is 0 Å². The molecule has 1 amide bonds. The molecule has 24 atom stereocenters. The SMILES string of the molecule is [2H]OC[C@H]1O[C@@H](C)[C@@H](O[Si](C)(C)C(C)(C)C)C1OP(=O)(OCCC#N)OC[C@H]1O[C@@H](C)CC1OC(=O)CCC(=O)NCC.[2H]OC[C@H]1O[C@@H]([B])[C@@H](O)C1OP(=O)(O)OC[C@H]1O[C@@H]([B][B])CC1O.[2H]OC[C@H]1O[C@@H]([B])[C@@H](O[Si](C)(C)C(C)(C)C)C1OP(=O)(O)OC[C@H]1O[C@@H]([B][B])CC1O.[3H]C.[3H]C.[3H]C. The third-order valence-electron chi connectivity index (χ3n) is 17.2. The number of aliphatic hydroxyl groups excluding tert-OH is 6. The number of ether oxygens (including phenoxy) is 7. The van der Waals surface area contributed by atoms with Crippen molar-refractivity contribution in [3.05, 3.63) is 0 Å². The lowest BCUT2D eigenvalue weighted by Crippen LogP contribution is -2.50. The van der Waals surface area contributed by atoms with Crippen molar-refractivity contribution in [2.24, 2.45) is 0 Å². The Hall–Kier alpha value is -0.977. The fourth-order valence-electron chi connectivity index (χ4n) is 9.86. The first-order valence-corrected chi connectivity index (χ1v) is 41.7. The Kier molecular flexibility index (Phi) is 36.0. The van der Waals surface area contributed by atoms with Gasteiger partial charge in [0.05, 0.1) is 110 Å². The van der Waals surface area contributed by atoms with E-state index in [0.29, 0.717) is 13.0 Å². The first-order valence-electron chi connectivity index (χ1n) is 35.7. The van der Waals surface area contributed by atoms with Gasteiger partial charge in [0.15, 0.2) is 16.6 Å². The Balaban J connectivity index is 0.000000781. The molecule has 98 heavy (non-hydrogen) atoms. The normalized spacial score (nSPS) is 34.9. The van der Waals surface area contributed by atoms with Crippen molar-refractivity contribution in [2.45, 2.75) is 287 Å². The van der Waals surface area contributed by atoms with Gasteiger partial charge in [0.1, 0.15) is 88.9 Å². The molecule has 9 unspecified atom stereocenters. The standard InChI is InChI=1S/C27H49N2O11PSi.C16H31B3O9PSi.C10H17B3O9P.3CH4/c1-9-29-23(31)11-12-24(32)38-20-15-18(2)36-22(20)17-35-41(33,34-14-10-13-28)39-26-21(16-30)37-19(3)25(26)40-42(7,8)27(4,5)6;1-16(2,3)30(4,5)28-14-13(10(7-20)26-15(14)17)27-29(22,23)24-8-11-9(21)6-12(19-18)25-11;11-10-8(16)9(5(2-14)21-10)22-23(17,18)19-3-6-4(15)1-7(13-12)20-6;;;/h18-22,25-26,30H,9-12,14-17H2,1-8H3,(H,29,31);9-15,20-21H,6-8H2,1-5H3,(H,22,23);4-10,14-16H,1-3H2,(H,17,18);3*1H4/t18-,19-,20?,21+,22+,25+,26?,41?;9?,10-,11-,12-,13?,14+,15-;4?,5-,6-,7-,8+,9?,10-;;;/m011.../s1/i30D;20D;14D;3*1T. The quantitative estimate of drug-likeness (QED) is 0.0190. The van der Waals surface area contributed by atoms with Crippen LogP contribution in [-0.2, 0) is 97.0 Å². The van der Waals surface area contributed by atoms with E-state index in [1.54, 1.807) is 20.8 Å². The van der Waals surface area contributed by atoms with Crippen molar-refractivity contribution in [2.75, 3.05) is 52.8 Å². The molecule has 558 valence electrons. The number of esters is 1. The van der Waals surface area contributed by atoms with Crippen LogP contribution < -0.4 is 5.32 Å². The summed E-state index contributed by atoms with van der Waals surface area (Å²) in [6.45, 7) is 24.3. The number of nitrogens with zero attached hydrogens (tertiary/aromatic N) is 1. The van der Waals surface area contributed by atoms with Crippen molar-refractivity contribution >= 4 is 97.5 Å². The third kappa shape index (κ3) is 28.4. The highest BCUT2D eigenvalue weighted by atomic mass is 31.2. The molecule has 6 saturated heterocycles. The summed E-state index contributed by atoms with van der Waals surface area (Å²) in [4.78, 5) is 44.2. The molecular formula is C56H109B6N2O29P3Si2. The monoisotopic (exact) mass is 1500 g/mol. The van der Waals surface area contributed by atoms with Crippen molar-refractivity contribution in [1.82, 2.24) is 5.32 Å². The summed E-state index contributed by atoms with van der Waals surface area (Å²) in [7, 11) is 10.2. The molecule has 0 aromatic carbocycles. The molecule has 0 spiro atoms. The number of carbonyl (C=O) groups is 2. The van der Waals surface area contributed by atoms with Crippen molar-refractivity contribution in [3.63, 3.8) is 0 Å². The zero-order chi connectivity index (χ0) is 79.9. The van der Waals surface area contributed by atoms with Crippen LogP contribution in [0.2, 0.25) is 36.3 Å². The number of nitriles is 1. The van der Waals surface area contributed by atoms with E-state index in [2.05, 4.69) is 54.5 Å².